The Bertz CT molecular complexity index is 860. The van der Waals surface area contributed by atoms with Gasteiger partial charge in [-0.1, -0.05) is 13.8 Å². The van der Waals surface area contributed by atoms with E-state index in [9.17, 15) is 18.0 Å². The first-order chi connectivity index (χ1) is 14.6. The number of piperazine rings is 1. The lowest BCUT2D eigenvalue weighted by Gasteiger charge is -2.39. The van der Waals surface area contributed by atoms with Gasteiger partial charge in [-0.25, -0.2) is 9.48 Å². The van der Waals surface area contributed by atoms with Crippen LogP contribution in [0.25, 0.3) is 5.69 Å². The first-order valence-electron chi connectivity index (χ1n) is 10.3. The van der Waals surface area contributed by atoms with Gasteiger partial charge >= 0.3 is 12.2 Å². The maximum absolute atomic E-state index is 13.2. The topological polar surface area (TPSA) is 65.4 Å². The second kappa shape index (κ2) is 9.69. The Morgan fingerprint density at radius 3 is 2.48 bits per heavy atom. The van der Waals surface area contributed by atoms with Crippen molar-refractivity contribution in [1.82, 2.24) is 24.9 Å². The SMILES string of the molecule is CC(C)C(CNC(=O)Nc1cc(C(F)(F)F)ccc1-n1cccn1)N1CCN(C)CC1. The van der Waals surface area contributed by atoms with Gasteiger partial charge in [0, 0.05) is 51.2 Å². The van der Waals surface area contributed by atoms with E-state index in [1.54, 1.807) is 12.3 Å². The summed E-state index contributed by atoms with van der Waals surface area (Å²) < 4.78 is 41.0. The second-order valence-electron chi connectivity index (χ2n) is 8.17. The molecule has 3 rings (SSSR count). The molecule has 31 heavy (non-hydrogen) atoms. The molecule has 0 spiro atoms. The molecule has 1 aliphatic heterocycles. The Hall–Kier alpha value is -2.59. The zero-order valence-corrected chi connectivity index (χ0v) is 18.0. The van der Waals surface area contributed by atoms with Crippen LogP contribution in [0.1, 0.15) is 19.4 Å². The van der Waals surface area contributed by atoms with Crippen LogP contribution < -0.4 is 10.6 Å². The summed E-state index contributed by atoms with van der Waals surface area (Å²) in [6.45, 7) is 8.37. The molecule has 1 aromatic heterocycles. The van der Waals surface area contributed by atoms with Gasteiger partial charge in [-0.2, -0.15) is 18.3 Å². The molecule has 10 heteroatoms. The summed E-state index contributed by atoms with van der Waals surface area (Å²) in [6, 6.07) is 4.45. The van der Waals surface area contributed by atoms with Crippen LogP contribution in [0.4, 0.5) is 23.7 Å². The van der Waals surface area contributed by atoms with Crippen LogP contribution in [0.15, 0.2) is 36.7 Å². The number of carbonyl (C=O) groups is 1. The minimum atomic E-state index is -4.51. The summed E-state index contributed by atoms with van der Waals surface area (Å²) in [5.74, 6) is 0.317. The lowest BCUT2D eigenvalue weighted by molar-refractivity contribution is -0.137. The van der Waals surface area contributed by atoms with Gasteiger partial charge in [0.15, 0.2) is 0 Å². The van der Waals surface area contributed by atoms with Gasteiger partial charge in [0.1, 0.15) is 0 Å². The summed E-state index contributed by atoms with van der Waals surface area (Å²) in [4.78, 5) is 17.2. The number of likely N-dealkylation sites (N-methyl/N-ethyl adjacent to an activating group) is 1. The highest BCUT2D eigenvalue weighted by Crippen LogP contribution is 2.33. The Morgan fingerprint density at radius 2 is 1.90 bits per heavy atom. The molecule has 1 aliphatic rings. The molecule has 170 valence electrons. The van der Waals surface area contributed by atoms with Gasteiger partial charge in [0.2, 0.25) is 0 Å². The van der Waals surface area contributed by atoms with Crippen LogP contribution in [0.2, 0.25) is 0 Å². The van der Waals surface area contributed by atoms with Gasteiger partial charge < -0.3 is 15.5 Å². The number of nitrogens with one attached hydrogen (secondary N) is 2. The number of nitrogens with zero attached hydrogens (tertiary/aromatic N) is 4. The number of aromatic nitrogens is 2. The smallest absolute Gasteiger partial charge is 0.336 e. The van der Waals surface area contributed by atoms with Gasteiger partial charge in [-0.05, 0) is 37.2 Å². The zero-order valence-electron chi connectivity index (χ0n) is 18.0. The minimum absolute atomic E-state index is 0.0386. The molecule has 0 aliphatic carbocycles. The van der Waals surface area contributed by atoms with Crippen molar-refractivity contribution in [2.45, 2.75) is 26.1 Å². The van der Waals surface area contributed by atoms with Crippen LogP contribution in [-0.2, 0) is 6.18 Å². The first-order valence-corrected chi connectivity index (χ1v) is 10.3. The quantitative estimate of drug-likeness (QED) is 0.727. The van der Waals surface area contributed by atoms with Crippen LogP contribution in [0, 0.1) is 5.92 Å². The molecule has 1 fully saturated rings. The molecule has 1 atom stereocenters. The average molecular weight is 438 g/mol. The van der Waals surface area contributed by atoms with E-state index >= 15 is 0 Å². The number of benzene rings is 1. The van der Waals surface area contributed by atoms with E-state index < -0.39 is 17.8 Å². The Morgan fingerprint density at radius 1 is 1.19 bits per heavy atom. The number of anilines is 1. The maximum atomic E-state index is 13.2. The number of carbonyl (C=O) groups excluding carboxylic acids is 1. The van der Waals surface area contributed by atoms with E-state index in [-0.39, 0.29) is 11.7 Å². The highest BCUT2D eigenvalue weighted by molar-refractivity contribution is 5.91. The van der Waals surface area contributed by atoms with E-state index in [0.717, 1.165) is 38.3 Å². The van der Waals surface area contributed by atoms with Crippen LogP contribution in [0.5, 0.6) is 0 Å². The fourth-order valence-corrected chi connectivity index (χ4v) is 3.73. The van der Waals surface area contributed by atoms with Crippen molar-refractivity contribution in [1.29, 1.82) is 0 Å². The first kappa shape index (κ1) is 23.1. The molecular weight excluding hydrogens is 409 g/mol. The van der Waals surface area contributed by atoms with E-state index in [1.807, 2.05) is 0 Å². The van der Waals surface area contributed by atoms with Crippen LogP contribution in [-0.4, -0.2) is 71.4 Å². The highest BCUT2D eigenvalue weighted by Gasteiger charge is 2.31. The van der Waals surface area contributed by atoms with E-state index in [1.165, 1.54) is 16.9 Å². The van der Waals surface area contributed by atoms with Crippen LogP contribution >= 0.6 is 0 Å². The third kappa shape index (κ3) is 5.98. The van der Waals surface area contributed by atoms with Gasteiger partial charge in [0.25, 0.3) is 0 Å². The molecule has 2 N–H and O–H groups in total. The number of urea groups is 1. The fraction of sp³-hybridized carbons (Fsp3) is 0.524. The van der Waals surface area contributed by atoms with Gasteiger partial charge in [0.05, 0.1) is 16.9 Å². The molecule has 0 bridgehead atoms. The zero-order chi connectivity index (χ0) is 22.6. The number of rotatable bonds is 6. The molecule has 7 nitrogen and oxygen atoms in total. The van der Waals surface area contributed by atoms with E-state index in [0.29, 0.717) is 18.2 Å². The molecule has 2 amide bonds. The van der Waals surface area contributed by atoms with Crippen molar-refractivity contribution in [2.24, 2.45) is 5.92 Å². The van der Waals surface area contributed by atoms with E-state index in [4.69, 9.17) is 0 Å². The van der Waals surface area contributed by atoms with E-state index in [2.05, 4.69) is 46.4 Å². The normalized spacial score (nSPS) is 17.0. The molecule has 2 heterocycles. The van der Waals surface area contributed by atoms with Crippen molar-refractivity contribution in [2.75, 3.05) is 45.1 Å². The lowest BCUT2D eigenvalue weighted by atomic mass is 10.0. The van der Waals surface area contributed by atoms with Crippen molar-refractivity contribution in [3.05, 3.63) is 42.2 Å². The molecule has 1 unspecified atom stereocenters. The Balaban J connectivity index is 1.71. The molecule has 2 aromatic rings. The van der Waals surface area contributed by atoms with Crippen molar-refractivity contribution < 1.29 is 18.0 Å². The third-order valence-corrected chi connectivity index (χ3v) is 5.57. The van der Waals surface area contributed by atoms with Gasteiger partial charge in [-0.3, -0.25) is 4.90 Å². The molecular formula is C21H29F3N6O. The monoisotopic (exact) mass is 438 g/mol. The highest BCUT2D eigenvalue weighted by atomic mass is 19.4. The van der Waals surface area contributed by atoms with Crippen LogP contribution in [0.3, 0.4) is 0 Å². The molecule has 1 aromatic carbocycles. The number of amides is 2. The Kier molecular flexibility index (Phi) is 7.22. The second-order valence-corrected chi connectivity index (χ2v) is 8.17. The number of halogens is 3. The Labute approximate surface area is 180 Å². The number of hydrogen-bond donors (Lipinski definition) is 2. The third-order valence-electron chi connectivity index (χ3n) is 5.57. The summed E-state index contributed by atoms with van der Waals surface area (Å²) in [6.07, 6.45) is -1.39. The predicted octanol–water partition coefficient (Wildman–Crippen LogP) is 3.28. The van der Waals surface area contributed by atoms with Gasteiger partial charge in [-0.15, -0.1) is 0 Å². The summed E-state index contributed by atoms with van der Waals surface area (Å²) in [5.41, 5.74) is -0.444. The number of alkyl halides is 3. The summed E-state index contributed by atoms with van der Waals surface area (Å²) >= 11 is 0. The minimum Gasteiger partial charge on any atom is -0.336 e. The summed E-state index contributed by atoms with van der Waals surface area (Å²) in [7, 11) is 2.08. The summed E-state index contributed by atoms with van der Waals surface area (Å²) in [5, 5.41) is 9.48. The predicted molar refractivity (Wildman–Crippen MR) is 113 cm³/mol. The van der Waals surface area contributed by atoms with Crippen molar-refractivity contribution in [3.63, 3.8) is 0 Å². The largest absolute Gasteiger partial charge is 0.416 e. The molecule has 0 radical (unpaired) electrons. The number of hydrogen-bond acceptors (Lipinski definition) is 4. The lowest BCUT2D eigenvalue weighted by Crippen LogP contribution is -2.54. The molecule has 1 saturated heterocycles. The fourth-order valence-electron chi connectivity index (χ4n) is 3.73. The van der Waals surface area contributed by atoms with Crippen molar-refractivity contribution >= 4 is 11.7 Å². The standard InChI is InChI=1S/C21H29F3N6O/c1-15(2)19(29-11-9-28(3)10-12-29)14-25-20(31)27-17-13-16(21(22,23)24)5-6-18(17)30-8-4-7-26-30/h4-8,13,15,19H,9-12,14H2,1-3H3,(H2,25,27,31). The maximum Gasteiger partial charge on any atom is 0.416 e. The van der Waals surface area contributed by atoms with Crippen molar-refractivity contribution in [3.8, 4) is 5.69 Å². The molecule has 0 saturated carbocycles. The average Bonchev–Trinajstić information content (AvgIpc) is 3.23.